The second-order valence-corrected chi connectivity index (χ2v) is 12.1. The summed E-state index contributed by atoms with van der Waals surface area (Å²) in [4.78, 5) is 49.5. The predicted molar refractivity (Wildman–Crippen MR) is 166 cm³/mol. The van der Waals surface area contributed by atoms with E-state index in [1.54, 1.807) is 4.90 Å². The topological polar surface area (TPSA) is 101 Å². The van der Waals surface area contributed by atoms with Gasteiger partial charge in [-0.2, -0.15) is 0 Å². The number of carbonyl (C=O) groups is 3. The lowest BCUT2D eigenvalue weighted by molar-refractivity contribution is -0.138. The Morgan fingerprint density at radius 2 is 1.67 bits per heavy atom. The highest BCUT2D eigenvalue weighted by Crippen LogP contribution is 2.29. The standard InChI is InChI=1S/C33H44N6O3/c1-23(28-21-34-29-15-8-7-14-27(28)29)30(31(40)35-26-13-9-10-24(20-26)22-37(2)3)36-33(42)39-18-16-38(17-19-39)32(41)25-11-5-4-6-12-25/h7-10,13-15,20-21,23,25,30,34H,4-6,11-12,16-19,22H2,1-3H3,(H,35,40)(H,36,42)/t23-,30-/m1/s1. The average Bonchev–Trinajstić information content (AvgIpc) is 3.44. The van der Waals surface area contributed by atoms with Crippen LogP contribution in [0.15, 0.2) is 54.7 Å². The number of para-hydroxylation sites is 1. The number of aromatic nitrogens is 1. The molecule has 9 heteroatoms. The van der Waals surface area contributed by atoms with E-state index in [9.17, 15) is 14.4 Å². The molecular formula is C33H44N6O3. The molecule has 2 heterocycles. The Balaban J connectivity index is 1.30. The van der Waals surface area contributed by atoms with Crippen LogP contribution in [0.2, 0.25) is 0 Å². The number of carbonyl (C=O) groups excluding carboxylic acids is 3. The number of fused-ring (bicyclic) bond motifs is 1. The van der Waals surface area contributed by atoms with E-state index in [-0.39, 0.29) is 29.7 Å². The van der Waals surface area contributed by atoms with E-state index in [0.717, 1.165) is 54.3 Å². The number of rotatable bonds is 8. The summed E-state index contributed by atoms with van der Waals surface area (Å²) in [5, 5.41) is 7.15. The molecule has 1 aliphatic heterocycles. The van der Waals surface area contributed by atoms with Crippen LogP contribution in [0.1, 0.15) is 56.1 Å². The van der Waals surface area contributed by atoms with Crippen molar-refractivity contribution in [2.24, 2.45) is 5.92 Å². The number of H-pyrrole nitrogens is 1. The molecule has 0 radical (unpaired) electrons. The SMILES string of the molecule is C[C@H](c1c[nH]c2ccccc12)[C@@H](NC(=O)N1CCN(C(=O)C2CCCCC2)CC1)C(=O)Nc1cccc(CN(C)C)c1. The maximum Gasteiger partial charge on any atom is 0.318 e. The molecule has 3 N–H and O–H groups in total. The normalized spacial score (nSPS) is 17.7. The Morgan fingerprint density at radius 3 is 2.40 bits per heavy atom. The van der Waals surface area contributed by atoms with Gasteiger partial charge in [-0.05, 0) is 56.3 Å². The highest BCUT2D eigenvalue weighted by atomic mass is 16.2. The van der Waals surface area contributed by atoms with Gasteiger partial charge in [0.15, 0.2) is 0 Å². The van der Waals surface area contributed by atoms with E-state index >= 15 is 0 Å². The van der Waals surface area contributed by atoms with Crippen molar-refractivity contribution in [3.63, 3.8) is 0 Å². The van der Waals surface area contributed by atoms with Crippen molar-refractivity contribution in [1.82, 2.24) is 25.0 Å². The largest absolute Gasteiger partial charge is 0.361 e. The summed E-state index contributed by atoms with van der Waals surface area (Å²) >= 11 is 0. The summed E-state index contributed by atoms with van der Waals surface area (Å²) in [5.74, 6) is -0.213. The van der Waals surface area contributed by atoms with Crippen LogP contribution in [0.5, 0.6) is 0 Å². The van der Waals surface area contributed by atoms with Gasteiger partial charge in [-0.25, -0.2) is 4.79 Å². The number of nitrogens with zero attached hydrogens (tertiary/aromatic N) is 3. The molecule has 1 aromatic heterocycles. The van der Waals surface area contributed by atoms with Gasteiger partial charge in [0.2, 0.25) is 11.8 Å². The third-order valence-electron chi connectivity index (χ3n) is 8.70. The summed E-state index contributed by atoms with van der Waals surface area (Å²) in [6, 6.07) is 14.7. The first kappa shape index (κ1) is 29.6. The molecule has 2 atom stereocenters. The maximum absolute atomic E-state index is 13.8. The third-order valence-corrected chi connectivity index (χ3v) is 8.70. The van der Waals surface area contributed by atoms with E-state index in [0.29, 0.717) is 31.9 Å². The van der Waals surface area contributed by atoms with Crippen LogP contribution in [0.3, 0.4) is 0 Å². The molecule has 2 aliphatic rings. The molecule has 9 nitrogen and oxygen atoms in total. The molecule has 1 saturated heterocycles. The molecular weight excluding hydrogens is 528 g/mol. The second kappa shape index (κ2) is 13.4. The molecule has 5 rings (SSSR count). The molecule has 0 bridgehead atoms. The summed E-state index contributed by atoms with van der Waals surface area (Å²) in [6.07, 6.45) is 7.33. The molecule has 0 unspecified atom stereocenters. The van der Waals surface area contributed by atoms with Crippen molar-refractivity contribution < 1.29 is 14.4 Å². The van der Waals surface area contributed by atoms with Crippen LogP contribution in [0.25, 0.3) is 10.9 Å². The number of amides is 4. The number of nitrogens with one attached hydrogen (secondary N) is 3. The minimum Gasteiger partial charge on any atom is -0.361 e. The Bertz CT molecular complexity index is 1390. The van der Waals surface area contributed by atoms with Gasteiger partial charge in [-0.15, -0.1) is 0 Å². The first-order valence-electron chi connectivity index (χ1n) is 15.2. The zero-order chi connectivity index (χ0) is 29.6. The van der Waals surface area contributed by atoms with Gasteiger partial charge in [0.1, 0.15) is 6.04 Å². The number of aromatic amines is 1. The molecule has 224 valence electrons. The summed E-state index contributed by atoms with van der Waals surface area (Å²) < 4.78 is 0. The molecule has 3 aromatic rings. The van der Waals surface area contributed by atoms with Gasteiger partial charge < -0.3 is 30.3 Å². The molecule has 42 heavy (non-hydrogen) atoms. The van der Waals surface area contributed by atoms with E-state index in [1.807, 2.05) is 80.6 Å². The quantitative estimate of drug-likeness (QED) is 0.362. The zero-order valence-corrected chi connectivity index (χ0v) is 25.1. The van der Waals surface area contributed by atoms with Gasteiger partial charge in [0.25, 0.3) is 0 Å². The second-order valence-electron chi connectivity index (χ2n) is 12.1. The third kappa shape index (κ3) is 6.95. The van der Waals surface area contributed by atoms with E-state index in [4.69, 9.17) is 0 Å². The first-order valence-corrected chi connectivity index (χ1v) is 15.2. The molecule has 0 spiro atoms. The lowest BCUT2D eigenvalue weighted by Gasteiger charge is -2.38. The molecule has 2 aromatic carbocycles. The lowest BCUT2D eigenvalue weighted by atomic mass is 9.88. The van der Waals surface area contributed by atoms with Crippen LogP contribution in [-0.4, -0.2) is 83.8 Å². The van der Waals surface area contributed by atoms with Crippen molar-refractivity contribution in [1.29, 1.82) is 0 Å². The molecule has 2 fully saturated rings. The van der Waals surface area contributed by atoms with E-state index < -0.39 is 6.04 Å². The summed E-state index contributed by atoms with van der Waals surface area (Å²) in [5.41, 5.74) is 3.73. The monoisotopic (exact) mass is 572 g/mol. The van der Waals surface area contributed by atoms with Crippen LogP contribution in [0.4, 0.5) is 10.5 Å². The highest BCUT2D eigenvalue weighted by molar-refractivity contribution is 5.98. The van der Waals surface area contributed by atoms with Crippen molar-refractivity contribution in [3.8, 4) is 0 Å². The zero-order valence-electron chi connectivity index (χ0n) is 25.1. The van der Waals surface area contributed by atoms with Crippen molar-refractivity contribution in [3.05, 3.63) is 65.9 Å². The minimum absolute atomic E-state index is 0.125. The lowest BCUT2D eigenvalue weighted by Crippen LogP contribution is -2.57. The fourth-order valence-corrected chi connectivity index (χ4v) is 6.36. The van der Waals surface area contributed by atoms with Crippen LogP contribution in [-0.2, 0) is 16.1 Å². The Hall–Kier alpha value is -3.85. The fourth-order valence-electron chi connectivity index (χ4n) is 6.36. The van der Waals surface area contributed by atoms with E-state index in [2.05, 4.69) is 20.5 Å². The molecule has 1 aliphatic carbocycles. The fraction of sp³-hybridized carbons (Fsp3) is 0.485. The number of hydrogen-bond acceptors (Lipinski definition) is 4. The maximum atomic E-state index is 13.8. The van der Waals surface area contributed by atoms with Gasteiger partial charge in [-0.1, -0.05) is 56.5 Å². The summed E-state index contributed by atoms with van der Waals surface area (Å²) in [7, 11) is 4.01. The summed E-state index contributed by atoms with van der Waals surface area (Å²) in [6.45, 7) is 4.68. The van der Waals surface area contributed by atoms with Crippen LogP contribution >= 0.6 is 0 Å². The van der Waals surface area contributed by atoms with Crippen molar-refractivity contribution in [2.75, 3.05) is 45.6 Å². The van der Waals surface area contributed by atoms with Gasteiger partial charge >= 0.3 is 6.03 Å². The predicted octanol–water partition coefficient (Wildman–Crippen LogP) is 4.77. The van der Waals surface area contributed by atoms with Gasteiger partial charge in [0.05, 0.1) is 0 Å². The number of urea groups is 1. The Morgan fingerprint density at radius 1 is 0.952 bits per heavy atom. The number of benzene rings is 2. The average molecular weight is 573 g/mol. The van der Waals surface area contributed by atoms with Crippen LogP contribution in [0, 0.1) is 5.92 Å². The number of piperazine rings is 1. The first-order chi connectivity index (χ1) is 20.3. The van der Waals surface area contributed by atoms with Crippen molar-refractivity contribution >= 4 is 34.4 Å². The smallest absolute Gasteiger partial charge is 0.318 e. The van der Waals surface area contributed by atoms with Gasteiger partial charge in [0, 0.05) is 67.3 Å². The van der Waals surface area contributed by atoms with E-state index in [1.165, 1.54) is 6.42 Å². The highest BCUT2D eigenvalue weighted by Gasteiger charge is 2.34. The Labute approximate surface area is 248 Å². The Kier molecular flexibility index (Phi) is 9.47. The number of anilines is 1. The minimum atomic E-state index is -0.809. The molecule has 1 saturated carbocycles. The van der Waals surface area contributed by atoms with Gasteiger partial charge in [-0.3, -0.25) is 9.59 Å². The van der Waals surface area contributed by atoms with Crippen molar-refractivity contribution in [2.45, 2.75) is 57.5 Å². The van der Waals surface area contributed by atoms with Crippen LogP contribution < -0.4 is 10.6 Å². The number of hydrogen-bond donors (Lipinski definition) is 3. The molecule has 4 amide bonds.